The summed E-state index contributed by atoms with van der Waals surface area (Å²) in [4.78, 5) is 0. The molecule has 1 nitrogen and oxygen atoms in total. The molecule has 114 valence electrons. The molecule has 19 heavy (non-hydrogen) atoms. The topological polar surface area (TPSA) is 12.0 Å². The zero-order valence-electron chi connectivity index (χ0n) is 13.8. The van der Waals surface area contributed by atoms with Gasteiger partial charge < -0.3 is 5.32 Å². The highest BCUT2D eigenvalue weighted by atomic mass is 15.0. The minimum absolute atomic E-state index is 0.510. The van der Waals surface area contributed by atoms with Crippen molar-refractivity contribution in [2.45, 2.75) is 103 Å². The highest BCUT2D eigenvalue weighted by molar-refractivity contribution is 4.95. The second kappa shape index (κ2) is 9.80. The molecule has 1 aliphatic rings. The fourth-order valence-electron chi connectivity index (χ4n) is 3.78. The highest BCUT2D eigenvalue weighted by Gasteiger charge is 2.35. The van der Waals surface area contributed by atoms with Gasteiger partial charge in [-0.1, -0.05) is 78.6 Å². The van der Waals surface area contributed by atoms with E-state index in [-0.39, 0.29) is 0 Å². The molecule has 0 aromatic carbocycles. The summed E-state index contributed by atoms with van der Waals surface area (Å²) in [5.74, 6) is 0.889. The molecule has 0 radical (unpaired) electrons. The van der Waals surface area contributed by atoms with Gasteiger partial charge in [-0.3, -0.25) is 0 Å². The molecule has 0 bridgehead atoms. The van der Waals surface area contributed by atoms with E-state index in [9.17, 15) is 0 Å². The molecule has 0 aliphatic carbocycles. The van der Waals surface area contributed by atoms with Crippen molar-refractivity contribution in [1.29, 1.82) is 0 Å². The number of rotatable bonds is 11. The summed E-state index contributed by atoms with van der Waals surface area (Å²) in [7, 11) is 0. The zero-order valence-corrected chi connectivity index (χ0v) is 13.8. The van der Waals surface area contributed by atoms with Crippen molar-refractivity contribution in [3.63, 3.8) is 0 Å². The van der Waals surface area contributed by atoms with Crippen LogP contribution in [0.1, 0.15) is 97.8 Å². The van der Waals surface area contributed by atoms with E-state index in [1.807, 2.05) is 0 Å². The van der Waals surface area contributed by atoms with E-state index in [1.165, 1.54) is 83.6 Å². The Bertz CT molecular complexity index is 210. The van der Waals surface area contributed by atoms with Gasteiger partial charge >= 0.3 is 0 Å². The van der Waals surface area contributed by atoms with Crippen LogP contribution in [-0.2, 0) is 0 Å². The first-order chi connectivity index (χ1) is 9.22. The predicted molar refractivity (Wildman–Crippen MR) is 86.6 cm³/mol. The molecule has 0 aromatic rings. The summed E-state index contributed by atoms with van der Waals surface area (Å²) in [5.41, 5.74) is 0.510. The standard InChI is InChI=1S/C18H37N/c1-4-6-7-8-9-10-11-12-14-18(13-5-2)15-17(3)16-19-18/h17,19H,4-16H2,1-3H3. The maximum atomic E-state index is 3.84. The van der Waals surface area contributed by atoms with Crippen molar-refractivity contribution in [3.05, 3.63) is 0 Å². The Labute approximate surface area is 121 Å². The van der Waals surface area contributed by atoms with Crippen LogP contribution in [0, 0.1) is 5.92 Å². The molecular formula is C18H37N. The first kappa shape index (κ1) is 17.0. The summed E-state index contributed by atoms with van der Waals surface area (Å²) >= 11 is 0. The van der Waals surface area contributed by atoms with Gasteiger partial charge in [-0.25, -0.2) is 0 Å². The molecule has 0 amide bonds. The lowest BCUT2D eigenvalue weighted by Gasteiger charge is -2.29. The van der Waals surface area contributed by atoms with Gasteiger partial charge in [0.15, 0.2) is 0 Å². The van der Waals surface area contributed by atoms with E-state index in [0.29, 0.717) is 5.54 Å². The van der Waals surface area contributed by atoms with E-state index in [4.69, 9.17) is 0 Å². The van der Waals surface area contributed by atoms with Crippen LogP contribution in [0.15, 0.2) is 0 Å². The molecular weight excluding hydrogens is 230 g/mol. The van der Waals surface area contributed by atoms with Gasteiger partial charge in [-0.15, -0.1) is 0 Å². The third-order valence-electron chi connectivity index (χ3n) is 4.80. The van der Waals surface area contributed by atoms with Crippen LogP contribution < -0.4 is 5.32 Å². The Kier molecular flexibility index (Phi) is 8.77. The molecule has 0 saturated carbocycles. The molecule has 0 aromatic heterocycles. The van der Waals surface area contributed by atoms with Gasteiger partial charge in [0, 0.05) is 5.54 Å². The van der Waals surface area contributed by atoms with Crippen LogP contribution >= 0.6 is 0 Å². The van der Waals surface area contributed by atoms with Crippen LogP contribution in [0.2, 0.25) is 0 Å². The van der Waals surface area contributed by atoms with Crippen molar-refractivity contribution in [1.82, 2.24) is 5.32 Å². The second-order valence-corrected chi connectivity index (χ2v) is 6.95. The van der Waals surface area contributed by atoms with Crippen LogP contribution in [0.5, 0.6) is 0 Å². The predicted octanol–water partition coefficient (Wildman–Crippen LogP) is 5.69. The number of hydrogen-bond acceptors (Lipinski definition) is 1. The maximum absolute atomic E-state index is 3.84. The first-order valence-electron chi connectivity index (χ1n) is 8.97. The molecule has 1 saturated heterocycles. The fraction of sp³-hybridized carbons (Fsp3) is 1.00. The summed E-state index contributed by atoms with van der Waals surface area (Å²) < 4.78 is 0. The number of unbranched alkanes of at least 4 members (excludes halogenated alkanes) is 7. The molecule has 1 aliphatic heterocycles. The second-order valence-electron chi connectivity index (χ2n) is 6.95. The van der Waals surface area contributed by atoms with Crippen molar-refractivity contribution in [3.8, 4) is 0 Å². The molecule has 0 spiro atoms. The molecule has 1 heterocycles. The smallest absolute Gasteiger partial charge is 0.0184 e. The lowest BCUT2D eigenvalue weighted by Crippen LogP contribution is -2.39. The van der Waals surface area contributed by atoms with Crippen molar-refractivity contribution < 1.29 is 0 Å². The monoisotopic (exact) mass is 267 g/mol. The molecule has 2 unspecified atom stereocenters. The van der Waals surface area contributed by atoms with Crippen molar-refractivity contribution >= 4 is 0 Å². The normalized spacial score (nSPS) is 27.0. The summed E-state index contributed by atoms with van der Waals surface area (Å²) in [6, 6.07) is 0. The minimum atomic E-state index is 0.510. The summed E-state index contributed by atoms with van der Waals surface area (Å²) in [6.07, 6.45) is 17.1. The Hall–Kier alpha value is -0.0400. The lowest BCUT2D eigenvalue weighted by atomic mass is 9.84. The largest absolute Gasteiger partial charge is 0.311 e. The average Bonchev–Trinajstić information content (AvgIpc) is 2.75. The van der Waals surface area contributed by atoms with E-state index in [2.05, 4.69) is 26.1 Å². The maximum Gasteiger partial charge on any atom is 0.0184 e. The van der Waals surface area contributed by atoms with Gasteiger partial charge in [0.1, 0.15) is 0 Å². The van der Waals surface area contributed by atoms with E-state index in [0.717, 1.165) is 5.92 Å². The Morgan fingerprint density at radius 3 is 2.00 bits per heavy atom. The molecule has 1 fully saturated rings. The van der Waals surface area contributed by atoms with Crippen LogP contribution in [-0.4, -0.2) is 12.1 Å². The molecule has 1 heteroatoms. The third kappa shape index (κ3) is 6.79. The van der Waals surface area contributed by atoms with Gasteiger partial charge in [0.2, 0.25) is 0 Å². The highest BCUT2D eigenvalue weighted by Crippen LogP contribution is 2.33. The van der Waals surface area contributed by atoms with Crippen LogP contribution in [0.4, 0.5) is 0 Å². The summed E-state index contributed by atoms with van der Waals surface area (Å²) in [5, 5.41) is 3.84. The van der Waals surface area contributed by atoms with Crippen molar-refractivity contribution in [2.24, 2.45) is 5.92 Å². The third-order valence-corrected chi connectivity index (χ3v) is 4.80. The Morgan fingerprint density at radius 1 is 0.842 bits per heavy atom. The SMILES string of the molecule is CCCCCCCCCCC1(CCC)CC(C)CN1. The van der Waals surface area contributed by atoms with Gasteiger partial charge in [0.25, 0.3) is 0 Å². The Morgan fingerprint density at radius 2 is 1.47 bits per heavy atom. The van der Waals surface area contributed by atoms with Gasteiger partial charge in [-0.05, 0) is 31.7 Å². The molecule has 1 N–H and O–H groups in total. The van der Waals surface area contributed by atoms with Gasteiger partial charge in [-0.2, -0.15) is 0 Å². The van der Waals surface area contributed by atoms with E-state index >= 15 is 0 Å². The number of hydrogen-bond donors (Lipinski definition) is 1. The quantitative estimate of drug-likeness (QED) is 0.474. The average molecular weight is 268 g/mol. The Balaban J connectivity index is 2.06. The molecule has 1 rings (SSSR count). The van der Waals surface area contributed by atoms with Crippen LogP contribution in [0.25, 0.3) is 0 Å². The van der Waals surface area contributed by atoms with E-state index < -0.39 is 0 Å². The summed E-state index contributed by atoms with van der Waals surface area (Å²) in [6.45, 7) is 8.28. The fourth-order valence-corrected chi connectivity index (χ4v) is 3.78. The van der Waals surface area contributed by atoms with Crippen molar-refractivity contribution in [2.75, 3.05) is 6.54 Å². The molecule has 2 atom stereocenters. The number of nitrogens with one attached hydrogen (secondary N) is 1. The zero-order chi connectivity index (χ0) is 14.0. The van der Waals surface area contributed by atoms with E-state index in [1.54, 1.807) is 0 Å². The van der Waals surface area contributed by atoms with Gasteiger partial charge in [0.05, 0.1) is 0 Å². The van der Waals surface area contributed by atoms with Crippen LogP contribution in [0.3, 0.4) is 0 Å². The minimum Gasteiger partial charge on any atom is -0.311 e. The first-order valence-corrected chi connectivity index (χ1v) is 8.97. The lowest BCUT2D eigenvalue weighted by molar-refractivity contribution is 0.301.